The summed E-state index contributed by atoms with van der Waals surface area (Å²) in [6.45, 7) is 13.3. The Morgan fingerprint density at radius 2 is 2.00 bits per heavy atom. The van der Waals surface area contributed by atoms with E-state index in [2.05, 4.69) is 38.8 Å². The minimum absolute atomic E-state index is 0.135. The lowest BCUT2D eigenvalue weighted by molar-refractivity contribution is -0.109. The first-order chi connectivity index (χ1) is 9.12. The van der Waals surface area contributed by atoms with E-state index in [0.717, 1.165) is 11.3 Å². The molecule has 0 radical (unpaired) electrons. The van der Waals surface area contributed by atoms with Crippen LogP contribution in [0.3, 0.4) is 0 Å². The SMILES string of the molecule is CC(=O)SCc1ccc(CO[Si](C)(C)C(C)(C)C)nc1. The van der Waals surface area contributed by atoms with Crippen LogP contribution in [0.5, 0.6) is 0 Å². The number of thioether (sulfide) groups is 1. The molecule has 0 aliphatic heterocycles. The normalized spacial score (nSPS) is 12.5. The topological polar surface area (TPSA) is 39.2 Å². The van der Waals surface area contributed by atoms with Crippen molar-refractivity contribution in [1.29, 1.82) is 0 Å². The first-order valence-corrected chi connectivity index (χ1v) is 10.7. The van der Waals surface area contributed by atoms with Crippen LogP contribution in [0.25, 0.3) is 0 Å². The molecule has 112 valence electrons. The molecule has 0 fully saturated rings. The van der Waals surface area contributed by atoms with Crippen LogP contribution in [0.15, 0.2) is 18.3 Å². The maximum atomic E-state index is 10.9. The molecule has 0 spiro atoms. The molecule has 1 rings (SSSR count). The minimum atomic E-state index is -1.72. The first-order valence-electron chi connectivity index (χ1n) is 6.83. The molecule has 0 aromatic carbocycles. The highest BCUT2D eigenvalue weighted by atomic mass is 32.2. The number of nitrogens with zero attached hydrogens (tertiary/aromatic N) is 1. The third-order valence-electron chi connectivity index (χ3n) is 3.72. The Morgan fingerprint density at radius 3 is 2.45 bits per heavy atom. The van der Waals surface area contributed by atoms with Gasteiger partial charge in [0.1, 0.15) is 0 Å². The van der Waals surface area contributed by atoms with E-state index in [1.165, 1.54) is 11.8 Å². The summed E-state index contributed by atoms with van der Waals surface area (Å²) in [5, 5.41) is 0.348. The molecular weight excluding hydrogens is 286 g/mol. The predicted molar refractivity (Wildman–Crippen MR) is 88.2 cm³/mol. The number of aromatic nitrogens is 1. The summed E-state index contributed by atoms with van der Waals surface area (Å²) in [6.07, 6.45) is 1.83. The molecule has 0 aliphatic carbocycles. The molecule has 0 amide bonds. The Balaban J connectivity index is 2.56. The van der Waals surface area contributed by atoms with Gasteiger partial charge < -0.3 is 4.43 Å². The van der Waals surface area contributed by atoms with E-state index in [4.69, 9.17) is 4.43 Å². The van der Waals surface area contributed by atoms with Gasteiger partial charge in [-0.25, -0.2) is 0 Å². The average Bonchev–Trinajstić information content (AvgIpc) is 2.34. The molecular formula is C15H25NO2SSi. The van der Waals surface area contributed by atoms with E-state index in [1.54, 1.807) is 6.92 Å². The molecule has 0 aliphatic rings. The lowest BCUT2D eigenvalue weighted by Crippen LogP contribution is -2.40. The van der Waals surface area contributed by atoms with Gasteiger partial charge in [0.25, 0.3) is 0 Å². The lowest BCUT2D eigenvalue weighted by Gasteiger charge is -2.36. The van der Waals surface area contributed by atoms with Crippen molar-refractivity contribution in [3.8, 4) is 0 Å². The standard InChI is InChI=1S/C15H25NO2SSi/c1-12(17)19-11-13-7-8-14(16-9-13)10-18-20(5,6)15(2,3)4/h7-9H,10-11H2,1-6H3. The van der Waals surface area contributed by atoms with E-state index in [9.17, 15) is 4.79 Å². The van der Waals surface area contributed by atoms with Crippen LogP contribution in [0, 0.1) is 0 Å². The molecule has 0 saturated carbocycles. The summed E-state index contributed by atoms with van der Waals surface area (Å²) in [4.78, 5) is 15.3. The van der Waals surface area contributed by atoms with Gasteiger partial charge in [-0.05, 0) is 29.8 Å². The van der Waals surface area contributed by atoms with Crippen molar-refractivity contribution in [2.24, 2.45) is 0 Å². The summed E-state index contributed by atoms with van der Waals surface area (Å²) in [5.74, 6) is 0.686. The largest absolute Gasteiger partial charge is 0.411 e. The molecule has 0 saturated heterocycles. The summed E-state index contributed by atoms with van der Waals surface area (Å²) in [7, 11) is -1.72. The third kappa shape index (κ3) is 5.38. The van der Waals surface area contributed by atoms with Crippen LogP contribution >= 0.6 is 11.8 Å². The van der Waals surface area contributed by atoms with Gasteiger partial charge in [0, 0.05) is 18.9 Å². The zero-order valence-electron chi connectivity index (χ0n) is 13.3. The van der Waals surface area contributed by atoms with Crippen LogP contribution in [-0.2, 0) is 21.6 Å². The lowest BCUT2D eigenvalue weighted by atomic mass is 10.2. The Morgan fingerprint density at radius 1 is 1.35 bits per heavy atom. The highest BCUT2D eigenvalue weighted by Gasteiger charge is 2.37. The molecule has 1 aromatic rings. The fraction of sp³-hybridized carbons (Fsp3) is 0.600. The van der Waals surface area contributed by atoms with Crippen LogP contribution in [0.1, 0.15) is 39.0 Å². The van der Waals surface area contributed by atoms with Crippen LogP contribution < -0.4 is 0 Å². The fourth-order valence-corrected chi connectivity index (χ4v) is 2.76. The fourth-order valence-electron chi connectivity index (χ4n) is 1.28. The molecule has 0 N–H and O–H groups in total. The van der Waals surface area contributed by atoms with Crippen molar-refractivity contribution in [2.75, 3.05) is 0 Å². The second-order valence-corrected chi connectivity index (χ2v) is 12.4. The number of pyridine rings is 1. The van der Waals surface area contributed by atoms with Crippen molar-refractivity contribution in [3.63, 3.8) is 0 Å². The molecule has 3 nitrogen and oxygen atoms in total. The van der Waals surface area contributed by atoms with Crippen LogP contribution in [-0.4, -0.2) is 18.4 Å². The number of rotatable bonds is 5. The van der Waals surface area contributed by atoms with Gasteiger partial charge in [-0.2, -0.15) is 0 Å². The molecule has 0 atom stereocenters. The number of hydrogen-bond donors (Lipinski definition) is 0. The summed E-state index contributed by atoms with van der Waals surface area (Å²) in [5.41, 5.74) is 2.02. The van der Waals surface area contributed by atoms with Crippen LogP contribution in [0.2, 0.25) is 18.1 Å². The molecule has 5 heteroatoms. The van der Waals surface area contributed by atoms with Gasteiger partial charge in [-0.15, -0.1) is 0 Å². The highest BCUT2D eigenvalue weighted by Crippen LogP contribution is 2.36. The Labute approximate surface area is 127 Å². The maximum Gasteiger partial charge on any atom is 0.192 e. The second kappa shape index (κ2) is 6.87. The predicted octanol–water partition coefficient (Wildman–Crippen LogP) is 4.38. The maximum absolute atomic E-state index is 10.9. The second-order valence-electron chi connectivity index (χ2n) is 6.49. The third-order valence-corrected chi connectivity index (χ3v) is 9.08. The monoisotopic (exact) mass is 311 g/mol. The van der Waals surface area contributed by atoms with E-state index >= 15 is 0 Å². The van der Waals surface area contributed by atoms with Crippen LogP contribution in [0.4, 0.5) is 0 Å². The highest BCUT2D eigenvalue weighted by molar-refractivity contribution is 8.12. The summed E-state index contributed by atoms with van der Waals surface area (Å²) < 4.78 is 6.14. The van der Waals surface area contributed by atoms with Crippen molar-refractivity contribution in [1.82, 2.24) is 4.98 Å². The average molecular weight is 312 g/mol. The van der Waals surface area contributed by atoms with Crippen molar-refractivity contribution >= 4 is 25.2 Å². The summed E-state index contributed by atoms with van der Waals surface area (Å²) in [6, 6.07) is 4.01. The summed E-state index contributed by atoms with van der Waals surface area (Å²) >= 11 is 1.31. The first kappa shape index (κ1) is 17.4. The zero-order chi connectivity index (χ0) is 15.4. The van der Waals surface area contributed by atoms with Gasteiger partial charge in [-0.3, -0.25) is 9.78 Å². The zero-order valence-corrected chi connectivity index (χ0v) is 15.1. The molecule has 1 aromatic heterocycles. The molecule has 20 heavy (non-hydrogen) atoms. The Hall–Kier alpha value is -0.653. The van der Waals surface area contributed by atoms with E-state index < -0.39 is 8.32 Å². The number of carbonyl (C=O) groups is 1. The van der Waals surface area contributed by atoms with Gasteiger partial charge in [0.15, 0.2) is 13.4 Å². The number of carbonyl (C=O) groups excluding carboxylic acids is 1. The minimum Gasteiger partial charge on any atom is -0.411 e. The quantitative estimate of drug-likeness (QED) is 0.756. The smallest absolute Gasteiger partial charge is 0.192 e. The van der Waals surface area contributed by atoms with Crippen molar-refractivity contribution in [2.45, 2.75) is 58.2 Å². The molecule has 0 unspecified atom stereocenters. The molecule has 1 heterocycles. The van der Waals surface area contributed by atoms with Gasteiger partial charge in [-0.1, -0.05) is 38.6 Å². The Bertz CT molecular complexity index is 452. The van der Waals surface area contributed by atoms with Gasteiger partial charge in [0.2, 0.25) is 0 Å². The van der Waals surface area contributed by atoms with Crippen molar-refractivity contribution in [3.05, 3.63) is 29.6 Å². The van der Waals surface area contributed by atoms with E-state index in [1.807, 2.05) is 18.3 Å². The van der Waals surface area contributed by atoms with E-state index in [0.29, 0.717) is 12.4 Å². The van der Waals surface area contributed by atoms with Gasteiger partial charge in [0.05, 0.1) is 12.3 Å². The number of hydrogen-bond acceptors (Lipinski definition) is 4. The van der Waals surface area contributed by atoms with Crippen molar-refractivity contribution < 1.29 is 9.22 Å². The van der Waals surface area contributed by atoms with Gasteiger partial charge >= 0.3 is 0 Å². The Kier molecular flexibility index (Phi) is 5.98. The van der Waals surface area contributed by atoms with E-state index in [-0.39, 0.29) is 10.2 Å². The molecule has 0 bridgehead atoms.